The van der Waals surface area contributed by atoms with Gasteiger partial charge in [0.2, 0.25) is 0 Å². The second kappa shape index (κ2) is 2.84. The standard InChI is InChI=1S/C12H18S/c1-8-10-5-6-12(3,4)7-11(10)9(2)13-8/h5-7H2,1-4H3. The minimum Gasteiger partial charge on any atom is -0.145 e. The van der Waals surface area contributed by atoms with Gasteiger partial charge in [0.25, 0.3) is 0 Å². The quantitative estimate of drug-likeness (QED) is 0.588. The van der Waals surface area contributed by atoms with Crippen molar-refractivity contribution >= 4 is 11.3 Å². The summed E-state index contributed by atoms with van der Waals surface area (Å²) in [5.41, 5.74) is 3.87. The van der Waals surface area contributed by atoms with Crippen LogP contribution in [0.2, 0.25) is 0 Å². The van der Waals surface area contributed by atoms with Gasteiger partial charge in [-0.15, -0.1) is 11.3 Å². The van der Waals surface area contributed by atoms with E-state index in [4.69, 9.17) is 0 Å². The second-order valence-corrected chi connectivity index (χ2v) is 6.44. The maximum Gasteiger partial charge on any atom is 0.00520 e. The lowest BCUT2D eigenvalue weighted by atomic mass is 9.74. The molecule has 0 aliphatic heterocycles. The Labute approximate surface area is 85.0 Å². The highest BCUT2D eigenvalue weighted by atomic mass is 32.1. The lowest BCUT2D eigenvalue weighted by molar-refractivity contribution is 0.315. The molecule has 0 unspecified atom stereocenters. The summed E-state index contributed by atoms with van der Waals surface area (Å²) in [6.45, 7) is 9.33. The third-order valence-corrected chi connectivity index (χ3v) is 4.33. The molecule has 0 aromatic carbocycles. The lowest BCUT2D eigenvalue weighted by Gasteiger charge is -2.30. The van der Waals surface area contributed by atoms with E-state index < -0.39 is 0 Å². The Morgan fingerprint density at radius 2 is 1.69 bits per heavy atom. The fourth-order valence-corrected chi connectivity index (χ4v) is 3.49. The molecule has 2 rings (SSSR count). The van der Waals surface area contributed by atoms with Crippen LogP contribution < -0.4 is 0 Å². The molecule has 1 heteroatoms. The Morgan fingerprint density at radius 1 is 1.08 bits per heavy atom. The highest BCUT2D eigenvalue weighted by Crippen LogP contribution is 2.40. The van der Waals surface area contributed by atoms with E-state index in [1.807, 2.05) is 11.3 Å². The molecule has 1 heterocycles. The fraction of sp³-hybridized carbons (Fsp3) is 0.667. The molecule has 0 nitrogen and oxygen atoms in total. The van der Waals surface area contributed by atoms with Crippen molar-refractivity contribution in [3.63, 3.8) is 0 Å². The highest BCUT2D eigenvalue weighted by Gasteiger charge is 2.28. The summed E-state index contributed by atoms with van der Waals surface area (Å²) < 4.78 is 0. The van der Waals surface area contributed by atoms with Gasteiger partial charge in [-0.25, -0.2) is 0 Å². The van der Waals surface area contributed by atoms with Gasteiger partial charge in [0.1, 0.15) is 0 Å². The molecule has 0 saturated carbocycles. The number of hydrogen-bond donors (Lipinski definition) is 0. The zero-order chi connectivity index (χ0) is 9.64. The molecular weight excluding hydrogens is 176 g/mol. The minimum absolute atomic E-state index is 0.533. The van der Waals surface area contributed by atoms with Gasteiger partial charge >= 0.3 is 0 Å². The number of fused-ring (bicyclic) bond motifs is 1. The van der Waals surface area contributed by atoms with Gasteiger partial charge in [0.15, 0.2) is 0 Å². The van der Waals surface area contributed by atoms with Crippen LogP contribution in [-0.4, -0.2) is 0 Å². The molecule has 0 radical (unpaired) electrons. The van der Waals surface area contributed by atoms with E-state index in [-0.39, 0.29) is 0 Å². The summed E-state index contributed by atoms with van der Waals surface area (Å²) in [6, 6.07) is 0. The van der Waals surface area contributed by atoms with Gasteiger partial charge in [-0.05, 0) is 49.7 Å². The van der Waals surface area contributed by atoms with E-state index in [1.54, 1.807) is 20.9 Å². The third kappa shape index (κ3) is 1.54. The summed E-state index contributed by atoms with van der Waals surface area (Å²) in [5, 5.41) is 0. The van der Waals surface area contributed by atoms with E-state index in [9.17, 15) is 0 Å². The second-order valence-electron chi connectivity index (χ2n) is 5.01. The van der Waals surface area contributed by atoms with Gasteiger partial charge in [0.05, 0.1) is 0 Å². The average Bonchev–Trinajstić information content (AvgIpc) is 2.26. The maximum atomic E-state index is 2.39. The fourth-order valence-electron chi connectivity index (χ4n) is 2.37. The number of hydrogen-bond acceptors (Lipinski definition) is 1. The molecule has 0 N–H and O–H groups in total. The Kier molecular flexibility index (Phi) is 2.03. The molecule has 0 fully saturated rings. The van der Waals surface area contributed by atoms with Crippen LogP contribution in [0, 0.1) is 19.3 Å². The summed E-state index contributed by atoms with van der Waals surface area (Å²) in [4.78, 5) is 3.11. The first-order valence-corrected chi connectivity index (χ1v) is 5.89. The molecule has 1 aliphatic carbocycles. The number of aryl methyl sites for hydroxylation is 2. The molecule has 1 aromatic heterocycles. The van der Waals surface area contributed by atoms with E-state index in [0.717, 1.165) is 0 Å². The maximum absolute atomic E-state index is 2.39. The van der Waals surface area contributed by atoms with E-state index in [2.05, 4.69) is 27.7 Å². The highest BCUT2D eigenvalue weighted by molar-refractivity contribution is 7.12. The topological polar surface area (TPSA) is 0 Å². The summed E-state index contributed by atoms with van der Waals surface area (Å²) >= 11 is 1.99. The minimum atomic E-state index is 0.533. The van der Waals surface area contributed by atoms with Crippen molar-refractivity contribution in [1.29, 1.82) is 0 Å². The van der Waals surface area contributed by atoms with Gasteiger partial charge in [0, 0.05) is 9.75 Å². The summed E-state index contributed by atoms with van der Waals surface area (Å²) in [6.07, 6.45) is 3.95. The summed E-state index contributed by atoms with van der Waals surface area (Å²) in [7, 11) is 0. The van der Waals surface area contributed by atoms with Gasteiger partial charge in [-0.2, -0.15) is 0 Å². The SMILES string of the molecule is Cc1sc(C)c2c1CCC(C)(C)C2. The first-order valence-electron chi connectivity index (χ1n) is 5.07. The first kappa shape index (κ1) is 9.26. The lowest BCUT2D eigenvalue weighted by Crippen LogP contribution is -2.21. The predicted octanol–water partition coefficient (Wildman–Crippen LogP) is 3.88. The van der Waals surface area contributed by atoms with Gasteiger partial charge in [-0.1, -0.05) is 13.8 Å². The third-order valence-electron chi connectivity index (χ3n) is 3.23. The van der Waals surface area contributed by atoms with Crippen LogP contribution in [0.1, 0.15) is 41.1 Å². The van der Waals surface area contributed by atoms with Crippen molar-refractivity contribution < 1.29 is 0 Å². The van der Waals surface area contributed by atoms with E-state index in [0.29, 0.717) is 5.41 Å². The largest absolute Gasteiger partial charge is 0.145 e. The molecular formula is C12H18S. The normalized spacial score (nSPS) is 20.0. The van der Waals surface area contributed by atoms with Crippen molar-refractivity contribution in [2.45, 2.75) is 47.0 Å². The van der Waals surface area contributed by atoms with Crippen LogP contribution in [0.5, 0.6) is 0 Å². The molecule has 72 valence electrons. The first-order chi connectivity index (χ1) is 5.99. The molecule has 0 spiro atoms. The van der Waals surface area contributed by atoms with Crippen LogP contribution in [0.3, 0.4) is 0 Å². The Balaban J connectivity index is 2.45. The number of thiophene rings is 1. The van der Waals surface area contributed by atoms with E-state index >= 15 is 0 Å². The molecule has 0 atom stereocenters. The number of rotatable bonds is 0. The zero-order valence-corrected chi connectivity index (χ0v) is 9.85. The molecule has 1 aromatic rings. The average molecular weight is 194 g/mol. The van der Waals surface area contributed by atoms with E-state index in [1.165, 1.54) is 19.3 Å². The molecule has 0 saturated heterocycles. The molecule has 13 heavy (non-hydrogen) atoms. The van der Waals surface area contributed by atoms with Crippen LogP contribution in [0.4, 0.5) is 0 Å². The summed E-state index contributed by atoms with van der Waals surface area (Å²) in [5.74, 6) is 0. The van der Waals surface area contributed by atoms with Gasteiger partial charge in [-0.3, -0.25) is 0 Å². The van der Waals surface area contributed by atoms with Crippen molar-refractivity contribution in [1.82, 2.24) is 0 Å². The Bertz CT molecular complexity index is 331. The molecule has 1 aliphatic rings. The smallest absolute Gasteiger partial charge is 0.00520 e. The Hall–Kier alpha value is -0.300. The zero-order valence-electron chi connectivity index (χ0n) is 9.03. The van der Waals surface area contributed by atoms with Crippen molar-refractivity contribution in [2.75, 3.05) is 0 Å². The molecule has 0 amide bonds. The monoisotopic (exact) mass is 194 g/mol. The van der Waals surface area contributed by atoms with Crippen molar-refractivity contribution in [2.24, 2.45) is 5.41 Å². The van der Waals surface area contributed by atoms with Crippen LogP contribution in [0.15, 0.2) is 0 Å². The van der Waals surface area contributed by atoms with Crippen LogP contribution >= 0.6 is 11.3 Å². The molecule has 0 bridgehead atoms. The van der Waals surface area contributed by atoms with Crippen molar-refractivity contribution in [3.05, 3.63) is 20.9 Å². The predicted molar refractivity (Wildman–Crippen MR) is 59.6 cm³/mol. The van der Waals surface area contributed by atoms with Gasteiger partial charge < -0.3 is 0 Å². The van der Waals surface area contributed by atoms with Crippen LogP contribution in [-0.2, 0) is 12.8 Å². The van der Waals surface area contributed by atoms with Crippen LogP contribution in [0.25, 0.3) is 0 Å². The Morgan fingerprint density at radius 3 is 2.38 bits per heavy atom. The van der Waals surface area contributed by atoms with Crippen molar-refractivity contribution in [3.8, 4) is 0 Å².